The Labute approximate surface area is 205 Å². The summed E-state index contributed by atoms with van der Waals surface area (Å²) >= 11 is 0. The number of anilines is 1. The number of para-hydroxylation sites is 1. The maximum atomic E-state index is 13.0. The molecule has 8 nitrogen and oxygen atoms in total. The monoisotopic (exact) mass is 492 g/mol. The quantitative estimate of drug-likeness (QED) is 0.568. The van der Waals surface area contributed by atoms with Gasteiger partial charge in [0.25, 0.3) is 15.9 Å². The molecule has 2 saturated heterocycles. The fraction of sp³-hybridized carbons (Fsp3) is 0.308. The molecule has 0 bridgehead atoms. The van der Waals surface area contributed by atoms with Gasteiger partial charge in [-0.2, -0.15) is 0 Å². The predicted molar refractivity (Wildman–Crippen MR) is 135 cm³/mol. The van der Waals surface area contributed by atoms with Gasteiger partial charge in [-0.05, 0) is 42.7 Å². The number of hydrogen-bond donors (Lipinski definition) is 1. The molecule has 1 N–H and O–H groups in total. The summed E-state index contributed by atoms with van der Waals surface area (Å²) < 4.78 is 34.3. The molecule has 0 radical (unpaired) electrons. The summed E-state index contributed by atoms with van der Waals surface area (Å²) in [6.45, 7) is 7.55. The number of aromatic nitrogens is 1. The Morgan fingerprint density at radius 1 is 1.00 bits per heavy atom. The van der Waals surface area contributed by atoms with Crippen molar-refractivity contribution < 1.29 is 17.9 Å². The molecule has 0 spiro atoms. The zero-order valence-electron chi connectivity index (χ0n) is 19.4. The van der Waals surface area contributed by atoms with Gasteiger partial charge in [-0.15, -0.1) is 0 Å². The van der Waals surface area contributed by atoms with Crippen LogP contribution in [-0.4, -0.2) is 68.0 Å². The van der Waals surface area contributed by atoms with E-state index >= 15 is 0 Å². The van der Waals surface area contributed by atoms with Crippen LogP contribution < -0.4 is 4.72 Å². The second-order valence-electron chi connectivity index (χ2n) is 8.77. The van der Waals surface area contributed by atoms with E-state index in [0.717, 1.165) is 29.5 Å². The van der Waals surface area contributed by atoms with Crippen molar-refractivity contribution in [2.24, 2.45) is 0 Å². The van der Waals surface area contributed by atoms with Gasteiger partial charge >= 0.3 is 0 Å². The smallest absolute Gasteiger partial charge is 0.264 e. The Bertz CT molecular complexity index is 1340. The topological polar surface area (TPSA) is 91.8 Å². The van der Waals surface area contributed by atoms with Crippen molar-refractivity contribution in [2.75, 3.05) is 37.5 Å². The molecule has 3 aromatic rings. The molecule has 1 aromatic heterocycles. The number of benzene rings is 2. The molecule has 1 atom stereocenters. The van der Waals surface area contributed by atoms with Crippen LogP contribution in [0.3, 0.4) is 0 Å². The number of piperazine rings is 1. The van der Waals surface area contributed by atoms with Crippen molar-refractivity contribution in [3.05, 3.63) is 72.9 Å². The normalized spacial score (nSPS) is 18.6. The van der Waals surface area contributed by atoms with E-state index in [1.165, 1.54) is 0 Å². The summed E-state index contributed by atoms with van der Waals surface area (Å²) in [4.78, 5) is 21.0. The van der Waals surface area contributed by atoms with Gasteiger partial charge in [0.1, 0.15) is 11.0 Å². The molecule has 2 aliphatic rings. The van der Waals surface area contributed by atoms with Gasteiger partial charge in [-0.1, -0.05) is 36.9 Å². The molecular weight excluding hydrogens is 464 g/mol. The number of carbonyl (C=O) groups excluding carboxylic acids is 1. The van der Waals surface area contributed by atoms with Crippen LogP contribution in [0.25, 0.3) is 16.6 Å². The van der Waals surface area contributed by atoms with Gasteiger partial charge in [-0.3, -0.25) is 14.5 Å². The van der Waals surface area contributed by atoms with Gasteiger partial charge in [0, 0.05) is 55.8 Å². The number of nitrogens with one attached hydrogen (secondary N) is 1. The number of sulfonamides is 1. The van der Waals surface area contributed by atoms with Gasteiger partial charge < -0.3 is 14.5 Å². The number of amides is 1. The van der Waals surface area contributed by atoms with Crippen molar-refractivity contribution in [3.8, 4) is 0 Å². The Kier molecular flexibility index (Phi) is 6.44. The van der Waals surface area contributed by atoms with Crippen LogP contribution in [0.1, 0.15) is 18.4 Å². The lowest BCUT2D eigenvalue weighted by atomic mass is 10.1. The fourth-order valence-electron chi connectivity index (χ4n) is 4.59. The van der Waals surface area contributed by atoms with Crippen molar-refractivity contribution in [3.63, 3.8) is 0 Å². The minimum atomic E-state index is -3.81. The largest absolute Gasteiger partial charge is 0.368 e. The highest BCUT2D eigenvalue weighted by Gasteiger charge is 2.30. The highest BCUT2D eigenvalue weighted by Crippen LogP contribution is 2.26. The second kappa shape index (κ2) is 9.67. The van der Waals surface area contributed by atoms with Crippen molar-refractivity contribution in [1.82, 2.24) is 14.8 Å². The van der Waals surface area contributed by atoms with Gasteiger partial charge in [0.15, 0.2) is 0 Å². The molecule has 1 unspecified atom stereocenters. The number of hydrogen-bond acceptors (Lipinski definition) is 6. The summed E-state index contributed by atoms with van der Waals surface area (Å²) in [6, 6.07) is 15.9. The summed E-state index contributed by atoms with van der Waals surface area (Å²) in [5, 5.41) is 0.764. The van der Waals surface area contributed by atoms with Crippen molar-refractivity contribution in [1.29, 1.82) is 0 Å². The van der Waals surface area contributed by atoms with Crippen LogP contribution >= 0.6 is 0 Å². The molecular formula is C26H28N4O4S. The number of carbonyl (C=O) groups is 1. The standard InChI is InChI=1S/C26H28N4O4S/c1-19(29-14-16-30(17-15-29)26(31)23-7-4-18-34-23)20-9-11-22(12-10-20)28-35(32,33)24-8-2-5-21-6-3-13-27-25(21)24/h2-3,5-6,8-13,23,28H,1,4,7,14-18H2. The van der Waals surface area contributed by atoms with Gasteiger partial charge in [0.2, 0.25) is 0 Å². The Hall–Kier alpha value is -3.43. The lowest BCUT2D eigenvalue weighted by Gasteiger charge is -2.38. The van der Waals surface area contributed by atoms with Crippen LogP contribution in [0, 0.1) is 0 Å². The molecule has 182 valence electrons. The molecule has 9 heteroatoms. The number of rotatable bonds is 6. The number of ether oxygens (including phenoxy) is 1. The third-order valence-electron chi connectivity index (χ3n) is 6.53. The lowest BCUT2D eigenvalue weighted by molar-refractivity contribution is -0.142. The Balaban J connectivity index is 1.23. The highest BCUT2D eigenvalue weighted by atomic mass is 32.2. The summed E-state index contributed by atoms with van der Waals surface area (Å²) in [6.07, 6.45) is 3.04. The SMILES string of the molecule is C=C(c1ccc(NS(=O)(=O)c2cccc3cccnc23)cc1)N1CCN(C(=O)C2CCCO2)CC1. The van der Waals surface area contributed by atoms with E-state index in [9.17, 15) is 13.2 Å². The first-order valence-corrected chi connectivity index (χ1v) is 13.2. The molecule has 2 fully saturated rings. The van der Waals surface area contributed by atoms with Crippen LogP contribution in [0.15, 0.2) is 72.3 Å². The first-order valence-electron chi connectivity index (χ1n) is 11.7. The number of nitrogens with zero attached hydrogens (tertiary/aromatic N) is 3. The van der Waals surface area contributed by atoms with Crippen molar-refractivity contribution >= 4 is 38.2 Å². The molecule has 3 heterocycles. The number of fused-ring (bicyclic) bond motifs is 1. The van der Waals surface area contributed by atoms with Crippen LogP contribution in [0.2, 0.25) is 0 Å². The Morgan fingerprint density at radius 2 is 1.71 bits per heavy atom. The van der Waals surface area contributed by atoms with E-state index in [-0.39, 0.29) is 16.9 Å². The highest BCUT2D eigenvalue weighted by molar-refractivity contribution is 7.93. The average Bonchev–Trinajstić information content (AvgIpc) is 3.43. The summed E-state index contributed by atoms with van der Waals surface area (Å²) in [7, 11) is -3.81. The zero-order chi connectivity index (χ0) is 24.4. The van der Waals surface area contributed by atoms with E-state index < -0.39 is 10.0 Å². The van der Waals surface area contributed by atoms with Crippen LogP contribution in [-0.2, 0) is 19.6 Å². The van der Waals surface area contributed by atoms with E-state index in [2.05, 4.69) is 21.2 Å². The van der Waals surface area contributed by atoms with Crippen molar-refractivity contribution in [2.45, 2.75) is 23.8 Å². The average molecular weight is 493 g/mol. The Morgan fingerprint density at radius 3 is 2.43 bits per heavy atom. The first-order chi connectivity index (χ1) is 16.9. The lowest BCUT2D eigenvalue weighted by Crippen LogP contribution is -2.50. The van der Waals surface area contributed by atoms with E-state index in [0.29, 0.717) is 44.0 Å². The minimum absolute atomic E-state index is 0.0887. The summed E-state index contributed by atoms with van der Waals surface area (Å²) in [5.74, 6) is 0.0887. The first kappa shape index (κ1) is 23.3. The molecule has 2 aromatic carbocycles. The fourth-order valence-corrected chi connectivity index (χ4v) is 5.83. The molecule has 1 amide bonds. The maximum Gasteiger partial charge on any atom is 0.264 e. The zero-order valence-corrected chi connectivity index (χ0v) is 20.2. The van der Waals surface area contributed by atoms with E-state index in [1.54, 1.807) is 36.5 Å². The number of pyridine rings is 1. The third kappa shape index (κ3) is 4.87. The molecule has 2 aliphatic heterocycles. The van der Waals surface area contributed by atoms with E-state index in [1.807, 2.05) is 29.2 Å². The van der Waals surface area contributed by atoms with Gasteiger partial charge in [0.05, 0.1) is 5.52 Å². The summed E-state index contributed by atoms with van der Waals surface area (Å²) in [5.41, 5.74) is 2.65. The van der Waals surface area contributed by atoms with E-state index in [4.69, 9.17) is 4.74 Å². The van der Waals surface area contributed by atoms with Crippen LogP contribution in [0.5, 0.6) is 0 Å². The molecule has 0 saturated carbocycles. The second-order valence-corrected chi connectivity index (χ2v) is 10.4. The molecule has 35 heavy (non-hydrogen) atoms. The predicted octanol–water partition coefficient (Wildman–Crippen LogP) is 3.33. The van der Waals surface area contributed by atoms with Crippen LogP contribution in [0.4, 0.5) is 5.69 Å². The molecule has 5 rings (SSSR count). The molecule has 0 aliphatic carbocycles. The van der Waals surface area contributed by atoms with Gasteiger partial charge in [-0.25, -0.2) is 8.42 Å². The maximum absolute atomic E-state index is 13.0. The minimum Gasteiger partial charge on any atom is -0.368 e. The third-order valence-corrected chi connectivity index (χ3v) is 7.95.